The van der Waals surface area contributed by atoms with Gasteiger partial charge in [0, 0.05) is 29.2 Å². The van der Waals surface area contributed by atoms with E-state index in [4.69, 9.17) is 4.55 Å². The summed E-state index contributed by atoms with van der Waals surface area (Å²) in [5.41, 5.74) is 5.26. The SMILES string of the molecule is Cc1cnc(-c2ccc(C)nc2)c(-c2ccc(S(=O)(=O)O)cc2)c1. The Balaban J connectivity index is 2.13. The minimum absolute atomic E-state index is 0.134. The van der Waals surface area contributed by atoms with Crippen molar-refractivity contribution in [3.8, 4) is 22.4 Å². The summed E-state index contributed by atoms with van der Waals surface area (Å²) in [4.78, 5) is 8.69. The van der Waals surface area contributed by atoms with Crippen molar-refractivity contribution in [2.45, 2.75) is 18.7 Å². The lowest BCUT2D eigenvalue weighted by atomic mass is 9.99. The molecule has 0 fully saturated rings. The average Bonchev–Trinajstić information content (AvgIpc) is 2.55. The molecule has 0 unspecified atom stereocenters. The number of pyridine rings is 2. The van der Waals surface area contributed by atoms with Crippen molar-refractivity contribution in [2.75, 3.05) is 0 Å². The number of nitrogens with zero attached hydrogens (tertiary/aromatic N) is 2. The molecule has 2 aromatic heterocycles. The Morgan fingerprint density at radius 2 is 1.54 bits per heavy atom. The van der Waals surface area contributed by atoms with Crippen LogP contribution in [0.2, 0.25) is 0 Å². The van der Waals surface area contributed by atoms with Crippen molar-refractivity contribution >= 4 is 10.1 Å². The minimum atomic E-state index is -4.20. The fourth-order valence-corrected chi connectivity index (χ4v) is 2.91. The van der Waals surface area contributed by atoms with Gasteiger partial charge in [-0.15, -0.1) is 0 Å². The van der Waals surface area contributed by atoms with Gasteiger partial charge in [-0.1, -0.05) is 12.1 Å². The molecule has 0 spiro atoms. The van der Waals surface area contributed by atoms with Gasteiger partial charge in [0.1, 0.15) is 0 Å². The van der Waals surface area contributed by atoms with Gasteiger partial charge in [-0.3, -0.25) is 14.5 Å². The highest BCUT2D eigenvalue weighted by Gasteiger charge is 2.13. The molecule has 5 nitrogen and oxygen atoms in total. The monoisotopic (exact) mass is 340 g/mol. The molecule has 0 aliphatic rings. The van der Waals surface area contributed by atoms with Crippen molar-refractivity contribution in [3.05, 3.63) is 66.1 Å². The highest BCUT2D eigenvalue weighted by Crippen LogP contribution is 2.31. The summed E-state index contributed by atoms with van der Waals surface area (Å²) in [6, 6.07) is 11.9. The first-order chi connectivity index (χ1) is 11.3. The van der Waals surface area contributed by atoms with E-state index in [1.807, 2.05) is 32.0 Å². The van der Waals surface area contributed by atoms with E-state index in [1.165, 1.54) is 12.1 Å². The fraction of sp³-hybridized carbons (Fsp3) is 0.111. The Hall–Kier alpha value is -2.57. The van der Waals surface area contributed by atoms with E-state index in [9.17, 15) is 8.42 Å². The first-order valence-corrected chi connectivity index (χ1v) is 8.76. The molecule has 6 heteroatoms. The molecule has 1 N–H and O–H groups in total. The lowest BCUT2D eigenvalue weighted by Gasteiger charge is -2.11. The van der Waals surface area contributed by atoms with Crippen LogP contribution in [-0.2, 0) is 10.1 Å². The van der Waals surface area contributed by atoms with E-state index in [1.54, 1.807) is 24.5 Å². The van der Waals surface area contributed by atoms with Crippen LogP contribution in [0.5, 0.6) is 0 Å². The Morgan fingerprint density at radius 3 is 2.12 bits per heavy atom. The Kier molecular flexibility index (Phi) is 4.17. The zero-order valence-electron chi connectivity index (χ0n) is 13.3. The predicted molar refractivity (Wildman–Crippen MR) is 92.2 cm³/mol. The summed E-state index contributed by atoms with van der Waals surface area (Å²) >= 11 is 0. The Morgan fingerprint density at radius 1 is 0.875 bits per heavy atom. The van der Waals surface area contributed by atoms with Crippen molar-refractivity contribution in [1.29, 1.82) is 0 Å². The Bertz CT molecular complexity index is 980. The van der Waals surface area contributed by atoms with Gasteiger partial charge in [-0.2, -0.15) is 8.42 Å². The van der Waals surface area contributed by atoms with E-state index in [2.05, 4.69) is 9.97 Å². The van der Waals surface area contributed by atoms with Crippen LogP contribution in [0.25, 0.3) is 22.4 Å². The van der Waals surface area contributed by atoms with Crippen molar-refractivity contribution in [3.63, 3.8) is 0 Å². The maximum Gasteiger partial charge on any atom is 0.294 e. The van der Waals surface area contributed by atoms with Gasteiger partial charge in [0.2, 0.25) is 0 Å². The molecule has 0 atom stereocenters. The number of benzene rings is 1. The van der Waals surface area contributed by atoms with Crippen molar-refractivity contribution < 1.29 is 13.0 Å². The van der Waals surface area contributed by atoms with Gasteiger partial charge in [0.15, 0.2) is 0 Å². The van der Waals surface area contributed by atoms with Gasteiger partial charge in [0.05, 0.1) is 10.6 Å². The molecule has 24 heavy (non-hydrogen) atoms. The van der Waals surface area contributed by atoms with Gasteiger partial charge >= 0.3 is 0 Å². The van der Waals surface area contributed by atoms with Gasteiger partial charge < -0.3 is 0 Å². The summed E-state index contributed by atoms with van der Waals surface area (Å²) < 4.78 is 31.5. The summed E-state index contributed by atoms with van der Waals surface area (Å²) in [5.74, 6) is 0. The van der Waals surface area contributed by atoms with Crippen LogP contribution >= 0.6 is 0 Å². The first-order valence-electron chi connectivity index (χ1n) is 7.32. The summed E-state index contributed by atoms with van der Waals surface area (Å²) in [5, 5.41) is 0. The highest BCUT2D eigenvalue weighted by molar-refractivity contribution is 7.85. The van der Waals surface area contributed by atoms with Gasteiger partial charge in [-0.05, 0) is 55.3 Å². The van der Waals surface area contributed by atoms with E-state index in [-0.39, 0.29) is 4.90 Å². The van der Waals surface area contributed by atoms with Crippen LogP contribution < -0.4 is 0 Å². The van der Waals surface area contributed by atoms with Crippen LogP contribution in [0.3, 0.4) is 0 Å². The van der Waals surface area contributed by atoms with Crippen LogP contribution in [0.15, 0.2) is 59.8 Å². The lowest BCUT2D eigenvalue weighted by Crippen LogP contribution is -1.98. The third kappa shape index (κ3) is 3.34. The highest BCUT2D eigenvalue weighted by atomic mass is 32.2. The quantitative estimate of drug-likeness (QED) is 0.736. The molecule has 0 saturated carbocycles. The van der Waals surface area contributed by atoms with Crippen molar-refractivity contribution in [1.82, 2.24) is 9.97 Å². The molecule has 3 aromatic rings. The van der Waals surface area contributed by atoms with E-state index >= 15 is 0 Å². The summed E-state index contributed by atoms with van der Waals surface area (Å²) in [7, 11) is -4.20. The molecule has 1 aromatic carbocycles. The molecule has 0 bridgehead atoms. The lowest BCUT2D eigenvalue weighted by molar-refractivity contribution is 0.483. The predicted octanol–water partition coefficient (Wildman–Crippen LogP) is 3.67. The molecule has 122 valence electrons. The van der Waals surface area contributed by atoms with Crippen LogP contribution in [0.1, 0.15) is 11.3 Å². The minimum Gasteiger partial charge on any atom is -0.282 e. The number of rotatable bonds is 3. The van der Waals surface area contributed by atoms with Crippen LogP contribution in [-0.4, -0.2) is 22.9 Å². The first kappa shape index (κ1) is 16.3. The molecular weight excluding hydrogens is 324 g/mol. The average molecular weight is 340 g/mol. The van der Waals surface area contributed by atoms with E-state index in [0.29, 0.717) is 0 Å². The number of hydrogen-bond donors (Lipinski definition) is 1. The van der Waals surface area contributed by atoms with E-state index in [0.717, 1.165) is 33.6 Å². The maximum absolute atomic E-state index is 11.2. The molecule has 0 aliphatic carbocycles. The second-order valence-corrected chi connectivity index (χ2v) is 7.02. The zero-order valence-corrected chi connectivity index (χ0v) is 14.1. The molecule has 3 rings (SSSR count). The smallest absolute Gasteiger partial charge is 0.282 e. The van der Waals surface area contributed by atoms with Crippen molar-refractivity contribution in [2.24, 2.45) is 0 Å². The molecular formula is C18H16N2O3S. The van der Waals surface area contributed by atoms with E-state index < -0.39 is 10.1 Å². The summed E-state index contributed by atoms with van der Waals surface area (Å²) in [6.45, 7) is 3.86. The number of hydrogen-bond acceptors (Lipinski definition) is 4. The maximum atomic E-state index is 11.2. The fourth-order valence-electron chi connectivity index (χ4n) is 2.43. The Labute approximate surface area is 140 Å². The third-order valence-corrected chi connectivity index (χ3v) is 4.54. The number of aromatic nitrogens is 2. The van der Waals surface area contributed by atoms with Gasteiger partial charge in [0.25, 0.3) is 10.1 Å². The summed E-state index contributed by atoms with van der Waals surface area (Å²) in [6.07, 6.45) is 3.55. The zero-order chi connectivity index (χ0) is 17.3. The second kappa shape index (κ2) is 6.14. The normalized spacial score (nSPS) is 11.5. The molecule has 0 radical (unpaired) electrons. The molecule has 0 saturated heterocycles. The molecule has 0 aliphatic heterocycles. The van der Waals surface area contributed by atoms with Crippen LogP contribution in [0, 0.1) is 13.8 Å². The molecule has 0 amide bonds. The van der Waals surface area contributed by atoms with Gasteiger partial charge in [-0.25, -0.2) is 0 Å². The molecule has 2 heterocycles. The van der Waals surface area contributed by atoms with Crippen LogP contribution in [0.4, 0.5) is 0 Å². The standard InChI is InChI=1S/C18H16N2O3S/c1-12-9-17(14-5-7-16(8-6-14)24(21,22)23)18(20-10-12)15-4-3-13(2)19-11-15/h3-11H,1-2H3,(H,21,22,23). The number of aryl methyl sites for hydroxylation is 2. The third-order valence-electron chi connectivity index (χ3n) is 3.67. The second-order valence-electron chi connectivity index (χ2n) is 5.60. The largest absolute Gasteiger partial charge is 0.294 e. The topological polar surface area (TPSA) is 80.2 Å².